The Labute approximate surface area is 125 Å². The monoisotopic (exact) mass is 292 g/mol. The third kappa shape index (κ3) is 3.19. The van der Waals surface area contributed by atoms with Crippen LogP contribution in [0, 0.1) is 13.8 Å². The fourth-order valence-corrected chi connectivity index (χ4v) is 2.88. The summed E-state index contributed by atoms with van der Waals surface area (Å²) in [7, 11) is 1.64. The Morgan fingerprint density at radius 2 is 2.24 bits per heavy atom. The Kier molecular flexibility index (Phi) is 4.85. The summed E-state index contributed by atoms with van der Waals surface area (Å²) in [5.74, 6) is 0.847. The van der Waals surface area contributed by atoms with Crippen molar-refractivity contribution in [1.29, 1.82) is 0 Å². The van der Waals surface area contributed by atoms with Crippen molar-refractivity contribution in [2.75, 3.05) is 20.3 Å². The highest BCUT2D eigenvalue weighted by atomic mass is 16.5. The maximum Gasteiger partial charge on any atom is 0.217 e. The summed E-state index contributed by atoms with van der Waals surface area (Å²) in [6.45, 7) is 6.69. The van der Waals surface area contributed by atoms with Gasteiger partial charge in [-0.1, -0.05) is 0 Å². The molecule has 1 aromatic carbocycles. The molecule has 0 saturated heterocycles. The van der Waals surface area contributed by atoms with Crippen LogP contribution in [0.25, 0.3) is 0 Å². The molecule has 0 fully saturated rings. The number of nitrogens with two attached hydrogens (primary N) is 1. The van der Waals surface area contributed by atoms with Gasteiger partial charge < -0.3 is 20.5 Å². The first-order valence-electron chi connectivity index (χ1n) is 7.24. The number of fused-ring (bicyclic) bond motifs is 1. The number of ether oxygens (including phenoxy) is 2. The van der Waals surface area contributed by atoms with Crippen LogP contribution in [0.5, 0.6) is 5.75 Å². The van der Waals surface area contributed by atoms with E-state index >= 15 is 0 Å². The van der Waals surface area contributed by atoms with Crippen molar-refractivity contribution in [3.8, 4) is 5.75 Å². The zero-order valence-corrected chi connectivity index (χ0v) is 13.2. The second-order valence-corrected chi connectivity index (χ2v) is 5.59. The summed E-state index contributed by atoms with van der Waals surface area (Å²) in [4.78, 5) is 11.4. The molecule has 2 unspecified atom stereocenters. The molecule has 1 heterocycles. The largest absolute Gasteiger partial charge is 0.493 e. The molecule has 2 rings (SSSR count). The Bertz CT molecular complexity index is 543. The van der Waals surface area contributed by atoms with Gasteiger partial charge in [0.25, 0.3) is 0 Å². The van der Waals surface area contributed by atoms with Gasteiger partial charge in [-0.05, 0) is 36.6 Å². The predicted octanol–water partition coefficient (Wildman–Crippen LogP) is 1.91. The van der Waals surface area contributed by atoms with Gasteiger partial charge in [-0.3, -0.25) is 4.79 Å². The van der Waals surface area contributed by atoms with Crippen LogP contribution >= 0.6 is 0 Å². The van der Waals surface area contributed by atoms with Gasteiger partial charge in [-0.2, -0.15) is 0 Å². The SMILES string of the molecule is COCC(N)c1cc2c(c(C)c1C)OCCC2NC(C)=O. The van der Waals surface area contributed by atoms with E-state index in [0.29, 0.717) is 13.2 Å². The van der Waals surface area contributed by atoms with Crippen molar-refractivity contribution < 1.29 is 14.3 Å². The maximum absolute atomic E-state index is 11.4. The molecule has 0 aliphatic carbocycles. The number of benzene rings is 1. The fourth-order valence-electron chi connectivity index (χ4n) is 2.88. The van der Waals surface area contributed by atoms with Crippen molar-refractivity contribution >= 4 is 5.91 Å². The highest BCUT2D eigenvalue weighted by Gasteiger charge is 2.26. The van der Waals surface area contributed by atoms with Crippen LogP contribution < -0.4 is 15.8 Å². The van der Waals surface area contributed by atoms with Gasteiger partial charge in [0.2, 0.25) is 5.91 Å². The molecule has 0 radical (unpaired) electrons. The van der Waals surface area contributed by atoms with Gasteiger partial charge in [0, 0.05) is 26.0 Å². The minimum Gasteiger partial charge on any atom is -0.493 e. The van der Waals surface area contributed by atoms with Crippen molar-refractivity contribution in [3.05, 3.63) is 28.3 Å². The van der Waals surface area contributed by atoms with E-state index in [1.807, 2.05) is 13.8 Å². The van der Waals surface area contributed by atoms with E-state index in [1.54, 1.807) is 7.11 Å². The van der Waals surface area contributed by atoms with E-state index in [9.17, 15) is 4.79 Å². The lowest BCUT2D eigenvalue weighted by Crippen LogP contribution is -2.31. The average molecular weight is 292 g/mol. The maximum atomic E-state index is 11.4. The van der Waals surface area contributed by atoms with E-state index in [2.05, 4.69) is 11.4 Å². The third-order valence-corrected chi connectivity index (χ3v) is 4.06. The van der Waals surface area contributed by atoms with Gasteiger partial charge >= 0.3 is 0 Å². The highest BCUT2D eigenvalue weighted by Crippen LogP contribution is 2.39. The average Bonchev–Trinajstić information content (AvgIpc) is 2.43. The van der Waals surface area contributed by atoms with E-state index < -0.39 is 0 Å². The molecule has 1 aliphatic rings. The Balaban J connectivity index is 2.47. The third-order valence-electron chi connectivity index (χ3n) is 4.06. The van der Waals surface area contributed by atoms with Crippen molar-refractivity contribution in [2.24, 2.45) is 5.73 Å². The van der Waals surface area contributed by atoms with Crippen molar-refractivity contribution in [3.63, 3.8) is 0 Å². The summed E-state index contributed by atoms with van der Waals surface area (Å²) < 4.78 is 11.0. The molecular formula is C16H24N2O3. The van der Waals surface area contributed by atoms with Gasteiger partial charge in [-0.25, -0.2) is 0 Å². The molecule has 1 amide bonds. The first-order chi connectivity index (χ1) is 9.95. The van der Waals surface area contributed by atoms with Gasteiger partial charge in [0.1, 0.15) is 5.75 Å². The van der Waals surface area contributed by atoms with Crippen LogP contribution in [0.2, 0.25) is 0 Å². The molecule has 5 heteroatoms. The van der Waals surface area contributed by atoms with Crippen molar-refractivity contribution in [1.82, 2.24) is 5.32 Å². The van der Waals surface area contributed by atoms with Crippen LogP contribution in [0.4, 0.5) is 0 Å². The molecule has 1 aromatic rings. The molecule has 116 valence electrons. The predicted molar refractivity (Wildman–Crippen MR) is 81.4 cm³/mol. The van der Waals surface area contributed by atoms with E-state index in [0.717, 1.165) is 34.4 Å². The Hall–Kier alpha value is -1.59. The van der Waals surface area contributed by atoms with Gasteiger partial charge in [-0.15, -0.1) is 0 Å². The molecule has 0 spiro atoms. The number of rotatable bonds is 4. The molecule has 0 aromatic heterocycles. The minimum absolute atomic E-state index is 0.0148. The van der Waals surface area contributed by atoms with Crippen LogP contribution in [0.3, 0.4) is 0 Å². The number of carbonyl (C=O) groups is 1. The lowest BCUT2D eigenvalue weighted by molar-refractivity contribution is -0.119. The molecule has 21 heavy (non-hydrogen) atoms. The summed E-state index contributed by atoms with van der Waals surface area (Å²) in [6.07, 6.45) is 0.772. The summed E-state index contributed by atoms with van der Waals surface area (Å²) >= 11 is 0. The smallest absolute Gasteiger partial charge is 0.217 e. The second-order valence-electron chi connectivity index (χ2n) is 5.59. The summed E-state index contributed by atoms with van der Waals surface area (Å²) in [5, 5.41) is 2.99. The lowest BCUT2D eigenvalue weighted by Gasteiger charge is -2.30. The van der Waals surface area contributed by atoms with E-state index in [-0.39, 0.29) is 18.0 Å². The molecule has 1 aliphatic heterocycles. The number of hydrogen-bond donors (Lipinski definition) is 2. The van der Waals surface area contributed by atoms with Crippen LogP contribution in [-0.2, 0) is 9.53 Å². The quantitative estimate of drug-likeness (QED) is 0.889. The van der Waals surface area contributed by atoms with Crippen molar-refractivity contribution in [2.45, 2.75) is 39.3 Å². The molecule has 0 bridgehead atoms. The summed E-state index contributed by atoms with van der Waals surface area (Å²) in [6, 6.07) is 1.86. The molecular weight excluding hydrogens is 268 g/mol. The van der Waals surface area contributed by atoms with E-state index in [1.165, 1.54) is 6.92 Å². The fraction of sp³-hybridized carbons (Fsp3) is 0.562. The molecule has 5 nitrogen and oxygen atoms in total. The minimum atomic E-state index is -0.182. The van der Waals surface area contributed by atoms with Crippen LogP contribution in [0.1, 0.15) is 47.7 Å². The Morgan fingerprint density at radius 1 is 1.52 bits per heavy atom. The number of amides is 1. The van der Waals surface area contributed by atoms with Crippen LogP contribution in [-0.4, -0.2) is 26.2 Å². The molecule has 0 saturated carbocycles. The van der Waals surface area contributed by atoms with Gasteiger partial charge in [0.05, 0.1) is 25.3 Å². The highest BCUT2D eigenvalue weighted by molar-refractivity contribution is 5.73. The zero-order chi connectivity index (χ0) is 15.6. The zero-order valence-electron chi connectivity index (χ0n) is 13.2. The topological polar surface area (TPSA) is 73.6 Å². The molecule has 3 N–H and O–H groups in total. The summed E-state index contributed by atoms with van der Waals surface area (Å²) in [5.41, 5.74) is 10.5. The number of carbonyl (C=O) groups excluding carboxylic acids is 1. The Morgan fingerprint density at radius 3 is 2.86 bits per heavy atom. The number of nitrogens with one attached hydrogen (secondary N) is 1. The number of methoxy groups -OCH3 is 1. The standard InChI is InChI=1S/C16H24N2O3/c1-9-10(2)16-13(7-12(9)14(17)8-20-4)15(5-6-21-16)18-11(3)19/h7,14-15H,5-6,8,17H2,1-4H3,(H,18,19). The number of hydrogen-bond acceptors (Lipinski definition) is 4. The lowest BCUT2D eigenvalue weighted by atomic mass is 9.89. The van der Waals surface area contributed by atoms with Gasteiger partial charge in [0.15, 0.2) is 0 Å². The first-order valence-corrected chi connectivity index (χ1v) is 7.24. The normalized spacial score (nSPS) is 18.6. The molecule has 2 atom stereocenters. The van der Waals surface area contributed by atoms with E-state index in [4.69, 9.17) is 15.2 Å². The first kappa shape index (κ1) is 15.8. The second kappa shape index (κ2) is 6.45. The van der Waals surface area contributed by atoms with Crippen LogP contribution in [0.15, 0.2) is 6.07 Å².